The first-order valence-corrected chi connectivity index (χ1v) is 7.15. The summed E-state index contributed by atoms with van der Waals surface area (Å²) in [6.07, 6.45) is 0.128. The third kappa shape index (κ3) is 4.88. The first kappa shape index (κ1) is 17.2. The van der Waals surface area contributed by atoms with Crippen molar-refractivity contribution >= 4 is 12.4 Å². The lowest BCUT2D eigenvalue weighted by atomic mass is 9.90. The van der Waals surface area contributed by atoms with E-state index in [0.29, 0.717) is 5.92 Å². The van der Waals surface area contributed by atoms with E-state index >= 15 is 0 Å². The Morgan fingerprint density at radius 1 is 1.24 bits per heavy atom. The molecule has 0 aliphatic carbocycles. The molecule has 21 heavy (non-hydrogen) atoms. The lowest BCUT2D eigenvalue weighted by Crippen LogP contribution is -2.47. The number of hydrogen-bond acceptors (Lipinski definition) is 3. The molecule has 1 amide bonds. The fraction of sp³-hybridized carbons (Fsp3) is 0.529. The number of benzene rings is 1. The van der Waals surface area contributed by atoms with Gasteiger partial charge in [0, 0.05) is 0 Å². The smallest absolute Gasteiger partial charge is 0.408 e. The molecule has 1 N–H and O–H groups in total. The van der Waals surface area contributed by atoms with Crippen molar-refractivity contribution < 1.29 is 14.3 Å². The van der Waals surface area contributed by atoms with Gasteiger partial charge in [0.05, 0.1) is 0 Å². The van der Waals surface area contributed by atoms with Gasteiger partial charge in [-0.25, -0.2) is 4.79 Å². The third-order valence-electron chi connectivity index (χ3n) is 3.15. The molecule has 0 bridgehead atoms. The molecule has 4 heteroatoms. The first-order chi connectivity index (χ1) is 9.57. The molecule has 0 aliphatic rings. The fourth-order valence-corrected chi connectivity index (χ4v) is 1.91. The zero-order chi connectivity index (χ0) is 16.3. The predicted molar refractivity (Wildman–Crippen MR) is 83.3 cm³/mol. The molecule has 1 aromatic rings. The molecule has 0 saturated carbocycles. The SMILES string of the molecule is CC(C)c1cccc(C(C)(C=O)NC(=O)OC(C)(C)C)c1. The number of nitrogens with one attached hydrogen (secondary N) is 1. The quantitative estimate of drug-likeness (QED) is 0.860. The minimum absolute atomic E-state index is 0.349. The Labute approximate surface area is 126 Å². The lowest BCUT2D eigenvalue weighted by Gasteiger charge is -2.28. The predicted octanol–water partition coefficient (Wildman–Crippen LogP) is 3.75. The Kier molecular flexibility index (Phi) is 5.15. The molecule has 1 aromatic carbocycles. The maximum absolute atomic E-state index is 11.9. The summed E-state index contributed by atoms with van der Waals surface area (Å²) in [6, 6.07) is 7.67. The number of hydrogen-bond donors (Lipinski definition) is 1. The van der Waals surface area contributed by atoms with E-state index in [9.17, 15) is 9.59 Å². The summed E-state index contributed by atoms with van der Waals surface area (Å²) in [5, 5.41) is 2.65. The van der Waals surface area contributed by atoms with E-state index in [-0.39, 0.29) is 0 Å². The largest absolute Gasteiger partial charge is 0.444 e. The molecule has 0 aromatic heterocycles. The summed E-state index contributed by atoms with van der Waals surface area (Å²) in [6.45, 7) is 11.2. The van der Waals surface area contributed by atoms with Crippen molar-refractivity contribution in [3.63, 3.8) is 0 Å². The van der Waals surface area contributed by atoms with Crippen LogP contribution in [0.25, 0.3) is 0 Å². The molecule has 0 radical (unpaired) electrons. The summed E-state index contributed by atoms with van der Waals surface area (Å²) in [5.41, 5.74) is 0.155. The van der Waals surface area contributed by atoms with Gasteiger partial charge in [-0.15, -0.1) is 0 Å². The van der Waals surface area contributed by atoms with Gasteiger partial charge in [0.1, 0.15) is 17.4 Å². The molecule has 0 spiro atoms. The second-order valence-corrected chi connectivity index (χ2v) is 6.73. The van der Waals surface area contributed by atoms with E-state index in [1.54, 1.807) is 27.7 Å². The van der Waals surface area contributed by atoms with Crippen LogP contribution in [0.15, 0.2) is 24.3 Å². The van der Waals surface area contributed by atoms with Gasteiger partial charge in [0.2, 0.25) is 0 Å². The maximum atomic E-state index is 11.9. The Balaban J connectivity index is 3.01. The van der Waals surface area contributed by atoms with Gasteiger partial charge in [0.25, 0.3) is 0 Å². The van der Waals surface area contributed by atoms with Crippen molar-refractivity contribution in [3.05, 3.63) is 35.4 Å². The van der Waals surface area contributed by atoms with Gasteiger partial charge < -0.3 is 14.8 Å². The van der Waals surface area contributed by atoms with Crippen LogP contribution in [0.1, 0.15) is 58.6 Å². The lowest BCUT2D eigenvalue weighted by molar-refractivity contribution is -0.113. The summed E-state index contributed by atoms with van der Waals surface area (Å²) < 4.78 is 5.23. The number of amides is 1. The van der Waals surface area contributed by atoms with Crippen LogP contribution in [-0.4, -0.2) is 18.0 Å². The van der Waals surface area contributed by atoms with Crippen molar-refractivity contribution in [2.75, 3.05) is 0 Å². The highest BCUT2D eigenvalue weighted by Gasteiger charge is 2.30. The van der Waals surface area contributed by atoms with Gasteiger partial charge in [-0.3, -0.25) is 0 Å². The van der Waals surface area contributed by atoms with Crippen molar-refractivity contribution in [3.8, 4) is 0 Å². The van der Waals surface area contributed by atoms with E-state index in [1.807, 2.05) is 24.3 Å². The number of carbonyl (C=O) groups is 2. The molecule has 1 unspecified atom stereocenters. The number of alkyl carbamates (subject to hydrolysis) is 1. The van der Waals surface area contributed by atoms with E-state index < -0.39 is 17.2 Å². The number of carbonyl (C=O) groups excluding carboxylic acids is 2. The highest BCUT2D eigenvalue weighted by molar-refractivity contribution is 5.78. The van der Waals surface area contributed by atoms with Gasteiger partial charge in [0.15, 0.2) is 0 Å². The standard InChI is InChI=1S/C17H25NO3/c1-12(2)13-8-7-9-14(10-13)17(6,11-19)18-15(20)21-16(3,4)5/h7-12H,1-6H3,(H,18,20). The first-order valence-electron chi connectivity index (χ1n) is 7.15. The molecule has 1 atom stereocenters. The fourth-order valence-electron chi connectivity index (χ4n) is 1.91. The van der Waals surface area contributed by atoms with Crippen LogP contribution in [-0.2, 0) is 15.1 Å². The highest BCUT2D eigenvalue weighted by atomic mass is 16.6. The van der Waals surface area contributed by atoms with E-state index in [2.05, 4.69) is 19.2 Å². The van der Waals surface area contributed by atoms with Crippen LogP contribution in [0.5, 0.6) is 0 Å². The molecule has 0 heterocycles. The zero-order valence-corrected chi connectivity index (χ0v) is 13.7. The van der Waals surface area contributed by atoms with Gasteiger partial charge in [-0.2, -0.15) is 0 Å². The number of ether oxygens (including phenoxy) is 1. The highest BCUT2D eigenvalue weighted by Crippen LogP contribution is 2.23. The maximum Gasteiger partial charge on any atom is 0.408 e. The van der Waals surface area contributed by atoms with Crippen LogP contribution in [0, 0.1) is 0 Å². The molecule has 0 fully saturated rings. The minimum atomic E-state index is -1.10. The van der Waals surface area contributed by atoms with Crippen molar-refractivity contribution in [1.82, 2.24) is 5.32 Å². The summed E-state index contributed by atoms with van der Waals surface area (Å²) in [5.74, 6) is 0.349. The van der Waals surface area contributed by atoms with Crippen molar-refractivity contribution in [1.29, 1.82) is 0 Å². The second kappa shape index (κ2) is 6.29. The van der Waals surface area contributed by atoms with E-state index in [0.717, 1.165) is 17.4 Å². The Bertz CT molecular complexity index is 517. The third-order valence-corrected chi connectivity index (χ3v) is 3.15. The van der Waals surface area contributed by atoms with Gasteiger partial charge >= 0.3 is 6.09 Å². The Morgan fingerprint density at radius 3 is 2.33 bits per heavy atom. The van der Waals surface area contributed by atoms with E-state index in [4.69, 9.17) is 4.74 Å². The van der Waals surface area contributed by atoms with E-state index in [1.165, 1.54) is 0 Å². The Morgan fingerprint density at radius 2 is 1.86 bits per heavy atom. The molecular weight excluding hydrogens is 266 g/mol. The van der Waals surface area contributed by atoms with Crippen LogP contribution in [0.4, 0.5) is 4.79 Å². The van der Waals surface area contributed by atoms with Crippen molar-refractivity contribution in [2.45, 2.75) is 58.6 Å². The summed E-state index contributed by atoms with van der Waals surface area (Å²) >= 11 is 0. The minimum Gasteiger partial charge on any atom is -0.444 e. The summed E-state index contributed by atoms with van der Waals surface area (Å²) in [4.78, 5) is 23.5. The van der Waals surface area contributed by atoms with Gasteiger partial charge in [-0.1, -0.05) is 38.1 Å². The van der Waals surface area contributed by atoms with Crippen LogP contribution < -0.4 is 5.32 Å². The molecule has 4 nitrogen and oxygen atoms in total. The van der Waals surface area contributed by atoms with Crippen LogP contribution >= 0.6 is 0 Å². The monoisotopic (exact) mass is 291 g/mol. The summed E-state index contributed by atoms with van der Waals surface area (Å²) in [7, 11) is 0. The Hall–Kier alpha value is -1.84. The molecule has 0 saturated heterocycles. The normalized spacial score (nSPS) is 14.4. The second-order valence-electron chi connectivity index (χ2n) is 6.73. The van der Waals surface area contributed by atoms with Gasteiger partial charge in [-0.05, 0) is 44.7 Å². The number of rotatable bonds is 4. The zero-order valence-electron chi connectivity index (χ0n) is 13.7. The molecular formula is C17H25NO3. The number of aldehydes is 1. The van der Waals surface area contributed by atoms with Crippen LogP contribution in [0.2, 0.25) is 0 Å². The molecule has 0 aliphatic heterocycles. The topological polar surface area (TPSA) is 55.4 Å². The van der Waals surface area contributed by atoms with Crippen molar-refractivity contribution in [2.24, 2.45) is 0 Å². The molecule has 116 valence electrons. The van der Waals surface area contributed by atoms with Crippen LogP contribution in [0.3, 0.4) is 0 Å². The average molecular weight is 291 g/mol. The average Bonchev–Trinajstić information content (AvgIpc) is 2.36. The molecule has 1 rings (SSSR count).